The summed E-state index contributed by atoms with van der Waals surface area (Å²) in [5, 5.41) is 3.52. The summed E-state index contributed by atoms with van der Waals surface area (Å²) in [5.74, 6) is -0.146. The number of hydrogen-bond acceptors (Lipinski definition) is 3. The number of anilines is 2. The lowest BCUT2D eigenvalue weighted by molar-refractivity contribution is 0.0757. The Kier molecular flexibility index (Phi) is 5.07. The summed E-state index contributed by atoms with van der Waals surface area (Å²) in [4.78, 5) is 14.6. The fourth-order valence-corrected chi connectivity index (χ4v) is 3.16. The molecule has 0 saturated carbocycles. The predicted molar refractivity (Wildman–Crippen MR) is 98.1 cm³/mol. The van der Waals surface area contributed by atoms with Crippen molar-refractivity contribution in [2.24, 2.45) is 0 Å². The van der Waals surface area contributed by atoms with E-state index in [2.05, 4.69) is 24.1 Å². The first-order valence-corrected chi connectivity index (χ1v) is 8.45. The van der Waals surface area contributed by atoms with Gasteiger partial charge in [0, 0.05) is 34.0 Å². The number of nitrogens with one attached hydrogen (secondary N) is 1. The van der Waals surface area contributed by atoms with E-state index in [1.807, 2.05) is 24.3 Å². The number of amides is 1. The van der Waals surface area contributed by atoms with Crippen LogP contribution in [-0.2, 0) is 4.74 Å². The van der Waals surface area contributed by atoms with Gasteiger partial charge in [0.1, 0.15) is 0 Å². The maximum absolute atomic E-state index is 12.2. The molecule has 24 heavy (non-hydrogen) atoms. The Balaban J connectivity index is 1.70. The second-order valence-corrected chi connectivity index (χ2v) is 6.59. The summed E-state index contributed by atoms with van der Waals surface area (Å²) >= 11 is 5.85. The summed E-state index contributed by atoms with van der Waals surface area (Å²) in [6.07, 6.45) is 0. The van der Waals surface area contributed by atoms with E-state index >= 15 is 0 Å². The highest BCUT2D eigenvalue weighted by Gasteiger charge is 2.25. The second kappa shape index (κ2) is 7.24. The summed E-state index contributed by atoms with van der Waals surface area (Å²) in [6.45, 7) is 5.79. The molecule has 1 saturated heterocycles. The van der Waals surface area contributed by atoms with Crippen LogP contribution in [0.4, 0.5) is 11.4 Å². The van der Waals surface area contributed by atoms with Gasteiger partial charge in [-0.3, -0.25) is 4.79 Å². The molecule has 1 amide bonds. The van der Waals surface area contributed by atoms with Crippen LogP contribution in [-0.4, -0.2) is 31.2 Å². The third-order valence-electron chi connectivity index (χ3n) is 4.20. The number of morpholine rings is 1. The van der Waals surface area contributed by atoms with Crippen LogP contribution in [0.5, 0.6) is 0 Å². The molecule has 0 spiro atoms. The molecule has 2 unspecified atom stereocenters. The van der Waals surface area contributed by atoms with Crippen LogP contribution in [0.15, 0.2) is 48.5 Å². The molecule has 1 heterocycles. The molecule has 0 radical (unpaired) electrons. The van der Waals surface area contributed by atoms with E-state index in [1.54, 1.807) is 24.3 Å². The molecular formula is C19H21ClN2O2. The molecule has 3 rings (SSSR count). The molecule has 2 aromatic rings. The Hall–Kier alpha value is -2.04. The lowest BCUT2D eigenvalue weighted by Crippen LogP contribution is -2.49. The first kappa shape index (κ1) is 16.8. The average molecular weight is 345 g/mol. The average Bonchev–Trinajstić information content (AvgIpc) is 2.57. The van der Waals surface area contributed by atoms with E-state index in [-0.39, 0.29) is 5.91 Å². The molecule has 2 aromatic carbocycles. The highest BCUT2D eigenvalue weighted by molar-refractivity contribution is 6.30. The van der Waals surface area contributed by atoms with Crippen LogP contribution in [0, 0.1) is 0 Å². The first-order valence-electron chi connectivity index (χ1n) is 8.07. The van der Waals surface area contributed by atoms with E-state index in [1.165, 1.54) is 0 Å². The van der Waals surface area contributed by atoms with Crippen molar-refractivity contribution in [2.45, 2.75) is 25.9 Å². The van der Waals surface area contributed by atoms with Gasteiger partial charge < -0.3 is 15.0 Å². The highest BCUT2D eigenvalue weighted by Crippen LogP contribution is 2.25. The summed E-state index contributed by atoms with van der Waals surface area (Å²) < 4.78 is 5.57. The Bertz CT molecular complexity index is 690. The Morgan fingerprint density at radius 3 is 2.21 bits per heavy atom. The molecule has 1 aliphatic heterocycles. The van der Waals surface area contributed by atoms with Crippen molar-refractivity contribution in [2.75, 3.05) is 23.4 Å². The number of ether oxygens (including phenoxy) is 1. The monoisotopic (exact) mass is 344 g/mol. The molecule has 0 aliphatic carbocycles. The summed E-state index contributed by atoms with van der Waals surface area (Å²) in [7, 11) is 0. The Labute approximate surface area is 147 Å². The van der Waals surface area contributed by atoms with Crippen molar-refractivity contribution < 1.29 is 9.53 Å². The van der Waals surface area contributed by atoms with Crippen molar-refractivity contribution in [3.05, 3.63) is 59.1 Å². The van der Waals surface area contributed by atoms with E-state index in [0.29, 0.717) is 22.7 Å². The van der Waals surface area contributed by atoms with E-state index in [9.17, 15) is 4.79 Å². The Morgan fingerprint density at radius 1 is 1.04 bits per heavy atom. The zero-order valence-electron chi connectivity index (χ0n) is 13.8. The number of hydrogen-bond donors (Lipinski definition) is 1. The molecule has 126 valence electrons. The number of carbonyl (C=O) groups excluding carboxylic acids is 1. The van der Waals surface area contributed by atoms with Gasteiger partial charge in [0.15, 0.2) is 0 Å². The smallest absolute Gasteiger partial charge is 0.255 e. The normalized spacial score (nSPS) is 20.7. The molecule has 5 heteroatoms. The third kappa shape index (κ3) is 3.71. The Morgan fingerprint density at radius 2 is 1.62 bits per heavy atom. The van der Waals surface area contributed by atoms with Crippen LogP contribution >= 0.6 is 11.6 Å². The van der Waals surface area contributed by atoms with Gasteiger partial charge in [-0.15, -0.1) is 0 Å². The quantitative estimate of drug-likeness (QED) is 0.907. The van der Waals surface area contributed by atoms with Crippen molar-refractivity contribution in [1.82, 2.24) is 0 Å². The number of rotatable bonds is 3. The highest BCUT2D eigenvalue weighted by atomic mass is 35.5. The minimum absolute atomic E-state index is 0.146. The van der Waals surface area contributed by atoms with Crippen molar-refractivity contribution in [3.8, 4) is 0 Å². The minimum Gasteiger partial charge on any atom is -0.377 e. The molecule has 4 nitrogen and oxygen atoms in total. The summed E-state index contributed by atoms with van der Waals surface area (Å²) in [6, 6.07) is 15.4. The molecule has 2 atom stereocenters. The van der Waals surface area contributed by atoms with Gasteiger partial charge in [-0.05, 0) is 62.4 Å². The number of nitrogens with zero attached hydrogens (tertiary/aromatic N) is 1. The number of halogens is 1. The fourth-order valence-electron chi connectivity index (χ4n) is 3.03. The zero-order chi connectivity index (χ0) is 17.1. The van der Waals surface area contributed by atoms with E-state index < -0.39 is 0 Å². The van der Waals surface area contributed by atoms with Crippen molar-refractivity contribution in [1.29, 1.82) is 0 Å². The number of carbonyl (C=O) groups is 1. The topological polar surface area (TPSA) is 41.6 Å². The maximum atomic E-state index is 12.2. The largest absolute Gasteiger partial charge is 0.377 e. The molecule has 0 bridgehead atoms. The minimum atomic E-state index is -0.146. The van der Waals surface area contributed by atoms with Gasteiger partial charge in [0.2, 0.25) is 0 Å². The molecule has 0 aromatic heterocycles. The number of benzene rings is 2. The standard InChI is InChI=1S/C19H21ClN2O2/c1-13-11-24-12-14(2)22(13)18-9-7-17(8-10-18)21-19(23)15-3-5-16(20)6-4-15/h3-10,13-14H,11-12H2,1-2H3,(H,21,23). The van der Waals surface area contributed by atoms with E-state index in [0.717, 1.165) is 24.6 Å². The van der Waals surface area contributed by atoms with Gasteiger partial charge in [-0.25, -0.2) is 0 Å². The van der Waals surface area contributed by atoms with Gasteiger partial charge >= 0.3 is 0 Å². The molecule has 1 aliphatic rings. The third-order valence-corrected chi connectivity index (χ3v) is 4.45. The SMILES string of the molecule is CC1COCC(C)N1c1ccc(NC(=O)c2ccc(Cl)cc2)cc1. The predicted octanol–water partition coefficient (Wildman–Crippen LogP) is 4.21. The first-order chi connectivity index (χ1) is 11.5. The van der Waals surface area contributed by atoms with Crippen LogP contribution in [0.3, 0.4) is 0 Å². The second-order valence-electron chi connectivity index (χ2n) is 6.15. The fraction of sp³-hybridized carbons (Fsp3) is 0.316. The molecular weight excluding hydrogens is 324 g/mol. The zero-order valence-corrected chi connectivity index (χ0v) is 14.6. The van der Waals surface area contributed by atoms with Gasteiger partial charge in [0.25, 0.3) is 5.91 Å². The van der Waals surface area contributed by atoms with Gasteiger partial charge in [0.05, 0.1) is 13.2 Å². The summed E-state index contributed by atoms with van der Waals surface area (Å²) in [5.41, 5.74) is 2.49. The van der Waals surface area contributed by atoms with Crippen molar-refractivity contribution >= 4 is 28.9 Å². The van der Waals surface area contributed by atoms with E-state index in [4.69, 9.17) is 16.3 Å². The lowest BCUT2D eigenvalue weighted by atomic mass is 10.1. The van der Waals surface area contributed by atoms with Crippen LogP contribution in [0.2, 0.25) is 5.02 Å². The van der Waals surface area contributed by atoms with Gasteiger partial charge in [-0.1, -0.05) is 11.6 Å². The van der Waals surface area contributed by atoms with Crippen molar-refractivity contribution in [3.63, 3.8) is 0 Å². The molecule has 1 fully saturated rings. The van der Waals surface area contributed by atoms with Crippen LogP contribution < -0.4 is 10.2 Å². The van der Waals surface area contributed by atoms with Gasteiger partial charge in [-0.2, -0.15) is 0 Å². The van der Waals surface area contributed by atoms with Crippen LogP contribution in [0.1, 0.15) is 24.2 Å². The molecule has 1 N–H and O–H groups in total. The lowest BCUT2D eigenvalue weighted by Gasteiger charge is -2.40. The maximum Gasteiger partial charge on any atom is 0.255 e. The van der Waals surface area contributed by atoms with Crippen LogP contribution in [0.25, 0.3) is 0 Å².